The molecule has 9 heteroatoms. The Morgan fingerprint density at radius 3 is 2.33 bits per heavy atom. The molecule has 0 fully saturated rings. The van der Waals surface area contributed by atoms with E-state index in [0.717, 1.165) is 39.9 Å². The van der Waals surface area contributed by atoms with E-state index in [1.807, 2.05) is 31.2 Å². The van der Waals surface area contributed by atoms with Crippen LogP contribution in [-0.2, 0) is 12.7 Å². The summed E-state index contributed by atoms with van der Waals surface area (Å²) < 4.78 is 40.2. The predicted octanol–water partition coefficient (Wildman–Crippen LogP) is 6.37. The lowest BCUT2D eigenvalue weighted by Gasteiger charge is -2.09. The molecule has 0 saturated heterocycles. The molecule has 33 heavy (non-hydrogen) atoms. The van der Waals surface area contributed by atoms with Gasteiger partial charge in [-0.15, -0.1) is 0 Å². The molecule has 0 atom stereocenters. The van der Waals surface area contributed by atoms with Crippen LogP contribution < -0.4 is 5.43 Å². The van der Waals surface area contributed by atoms with Gasteiger partial charge in [0, 0.05) is 40.8 Å². The lowest BCUT2D eigenvalue weighted by Crippen LogP contribution is -2.04. The van der Waals surface area contributed by atoms with Crippen LogP contribution in [0.2, 0.25) is 0 Å². The number of aromatic nitrogens is 1. The van der Waals surface area contributed by atoms with E-state index in [9.17, 15) is 23.3 Å². The van der Waals surface area contributed by atoms with E-state index < -0.39 is 16.7 Å². The summed E-state index contributed by atoms with van der Waals surface area (Å²) in [5.74, 6) is 0. The molecule has 168 valence electrons. The van der Waals surface area contributed by atoms with Crippen LogP contribution in [0.5, 0.6) is 0 Å². The highest BCUT2D eigenvalue weighted by Crippen LogP contribution is 2.30. The van der Waals surface area contributed by atoms with E-state index in [-0.39, 0.29) is 5.69 Å². The van der Waals surface area contributed by atoms with Crippen LogP contribution in [0.1, 0.15) is 22.4 Å². The monoisotopic (exact) mass is 452 g/mol. The fraction of sp³-hybridized carbons (Fsp3) is 0.125. The van der Waals surface area contributed by atoms with Gasteiger partial charge in [0.15, 0.2) is 0 Å². The van der Waals surface area contributed by atoms with E-state index in [0.29, 0.717) is 12.2 Å². The smallest absolute Gasteiger partial charge is 0.340 e. The van der Waals surface area contributed by atoms with Gasteiger partial charge >= 0.3 is 6.18 Å². The second kappa shape index (κ2) is 8.78. The van der Waals surface area contributed by atoms with Gasteiger partial charge in [-0.25, -0.2) is 0 Å². The minimum Gasteiger partial charge on any atom is -0.340 e. The average molecular weight is 452 g/mol. The van der Waals surface area contributed by atoms with Crippen LogP contribution in [0.3, 0.4) is 0 Å². The number of fused-ring (bicyclic) bond motifs is 1. The molecule has 1 heterocycles. The number of nitro benzene ring substituents is 1. The second-order valence-corrected chi connectivity index (χ2v) is 7.47. The number of nitrogens with zero attached hydrogens (tertiary/aromatic N) is 3. The number of benzene rings is 3. The van der Waals surface area contributed by atoms with Gasteiger partial charge in [-0.3, -0.25) is 15.5 Å². The minimum absolute atomic E-state index is 0.0370. The van der Waals surface area contributed by atoms with Crippen molar-refractivity contribution >= 4 is 28.5 Å². The maximum absolute atomic E-state index is 12.7. The van der Waals surface area contributed by atoms with Crippen LogP contribution in [0.4, 0.5) is 24.5 Å². The zero-order valence-electron chi connectivity index (χ0n) is 17.5. The van der Waals surface area contributed by atoms with E-state index in [1.54, 1.807) is 18.3 Å². The summed E-state index contributed by atoms with van der Waals surface area (Å²) in [5, 5.41) is 16.1. The van der Waals surface area contributed by atoms with Crippen LogP contribution in [0, 0.1) is 17.0 Å². The molecule has 4 aromatic rings. The van der Waals surface area contributed by atoms with Gasteiger partial charge < -0.3 is 4.57 Å². The maximum Gasteiger partial charge on any atom is 0.416 e. The Hall–Kier alpha value is -4.14. The molecule has 1 aromatic heterocycles. The molecule has 0 aliphatic carbocycles. The molecule has 0 aliphatic heterocycles. The average Bonchev–Trinajstić information content (AvgIpc) is 3.05. The van der Waals surface area contributed by atoms with Gasteiger partial charge in [0.05, 0.1) is 22.4 Å². The molecule has 1 N–H and O–H groups in total. The Morgan fingerprint density at radius 1 is 1.03 bits per heavy atom. The highest BCUT2D eigenvalue weighted by atomic mass is 19.4. The van der Waals surface area contributed by atoms with Crippen molar-refractivity contribution in [1.29, 1.82) is 0 Å². The molecular formula is C24H19F3N4O2. The molecule has 0 unspecified atom stereocenters. The molecule has 6 nitrogen and oxygen atoms in total. The van der Waals surface area contributed by atoms with Gasteiger partial charge in [-0.1, -0.05) is 30.3 Å². The zero-order chi connectivity index (χ0) is 23.6. The SMILES string of the molecule is Cc1c(/C=N/Nc2ccc(C(F)(F)F)cc2)c2ccccc2n1Cc1ccc([N+](=O)[O-])cc1. The third-order valence-electron chi connectivity index (χ3n) is 5.37. The molecule has 0 radical (unpaired) electrons. The molecule has 4 rings (SSSR count). The van der Waals surface area contributed by atoms with Crippen LogP contribution in [0.15, 0.2) is 77.9 Å². The highest BCUT2D eigenvalue weighted by Gasteiger charge is 2.29. The third-order valence-corrected chi connectivity index (χ3v) is 5.37. The number of nitrogens with one attached hydrogen (secondary N) is 1. The van der Waals surface area contributed by atoms with Crippen molar-refractivity contribution in [3.8, 4) is 0 Å². The number of non-ortho nitro benzene ring substituents is 1. The highest BCUT2D eigenvalue weighted by molar-refractivity contribution is 6.01. The number of anilines is 1. The molecule has 0 amide bonds. The largest absolute Gasteiger partial charge is 0.416 e. The number of hydrogen-bond donors (Lipinski definition) is 1. The summed E-state index contributed by atoms with van der Waals surface area (Å²) in [6.45, 7) is 2.47. The van der Waals surface area contributed by atoms with Crippen molar-refractivity contribution < 1.29 is 18.1 Å². The summed E-state index contributed by atoms with van der Waals surface area (Å²) in [5.41, 5.74) is 6.22. The van der Waals surface area contributed by atoms with Crippen LogP contribution in [-0.4, -0.2) is 15.7 Å². The molecule has 0 bridgehead atoms. The number of rotatable bonds is 6. The van der Waals surface area contributed by atoms with Gasteiger partial charge in [0.25, 0.3) is 5.69 Å². The quantitative estimate of drug-likeness (QED) is 0.210. The maximum atomic E-state index is 12.7. The number of nitro groups is 1. The van der Waals surface area contributed by atoms with Crippen molar-refractivity contribution in [3.63, 3.8) is 0 Å². The number of para-hydroxylation sites is 1. The Kier molecular flexibility index (Phi) is 5.87. The van der Waals surface area contributed by atoms with Crippen molar-refractivity contribution in [2.45, 2.75) is 19.6 Å². The molecule has 3 aromatic carbocycles. The van der Waals surface area contributed by atoms with E-state index in [4.69, 9.17) is 0 Å². The van der Waals surface area contributed by atoms with Crippen molar-refractivity contribution in [2.24, 2.45) is 5.10 Å². The van der Waals surface area contributed by atoms with E-state index in [2.05, 4.69) is 15.1 Å². The summed E-state index contributed by atoms with van der Waals surface area (Å²) >= 11 is 0. The fourth-order valence-electron chi connectivity index (χ4n) is 3.64. The number of hydrazone groups is 1. The summed E-state index contributed by atoms with van der Waals surface area (Å²) in [7, 11) is 0. The number of alkyl halides is 3. The molecular weight excluding hydrogens is 433 g/mol. The zero-order valence-corrected chi connectivity index (χ0v) is 17.5. The Morgan fingerprint density at radius 2 is 1.70 bits per heavy atom. The van der Waals surface area contributed by atoms with Gasteiger partial charge in [-0.05, 0) is 42.8 Å². The second-order valence-electron chi connectivity index (χ2n) is 7.47. The first kappa shape index (κ1) is 22.1. The molecule has 0 aliphatic rings. The lowest BCUT2D eigenvalue weighted by molar-refractivity contribution is -0.384. The first-order valence-corrected chi connectivity index (χ1v) is 10.0. The lowest BCUT2D eigenvalue weighted by atomic mass is 10.1. The van der Waals surface area contributed by atoms with Gasteiger partial charge in [-0.2, -0.15) is 18.3 Å². The Labute approximate surface area is 187 Å². The van der Waals surface area contributed by atoms with Crippen molar-refractivity contribution in [3.05, 3.63) is 105 Å². The standard InChI is InChI=1S/C24H19F3N4O2/c1-16-22(14-28-29-19-10-8-18(9-11-19)24(25,26)27)21-4-2-3-5-23(21)30(16)15-17-6-12-20(13-7-17)31(32)33/h2-14,29H,15H2,1H3/b28-14+. The van der Waals surface area contributed by atoms with Crippen molar-refractivity contribution in [2.75, 3.05) is 5.43 Å². The first-order valence-electron chi connectivity index (χ1n) is 10.0. The van der Waals surface area contributed by atoms with E-state index >= 15 is 0 Å². The van der Waals surface area contributed by atoms with Gasteiger partial charge in [0.2, 0.25) is 0 Å². The normalized spacial score (nSPS) is 11.9. The van der Waals surface area contributed by atoms with Crippen molar-refractivity contribution in [1.82, 2.24) is 4.57 Å². The first-order chi connectivity index (χ1) is 15.7. The van der Waals surface area contributed by atoms with Gasteiger partial charge in [0.1, 0.15) is 0 Å². The summed E-state index contributed by atoms with van der Waals surface area (Å²) in [6, 6.07) is 18.8. The Bertz CT molecular complexity index is 1330. The third kappa shape index (κ3) is 4.72. The van der Waals surface area contributed by atoms with E-state index in [1.165, 1.54) is 24.3 Å². The topological polar surface area (TPSA) is 72.5 Å². The van der Waals surface area contributed by atoms with Crippen LogP contribution >= 0.6 is 0 Å². The number of hydrogen-bond acceptors (Lipinski definition) is 4. The summed E-state index contributed by atoms with van der Waals surface area (Å²) in [4.78, 5) is 10.5. The number of halogens is 3. The molecule has 0 spiro atoms. The van der Waals surface area contributed by atoms with Crippen LogP contribution in [0.25, 0.3) is 10.9 Å². The summed E-state index contributed by atoms with van der Waals surface area (Å²) in [6.07, 6.45) is -2.74. The molecule has 0 saturated carbocycles. The Balaban J connectivity index is 1.59. The minimum atomic E-state index is -4.38. The fourth-order valence-corrected chi connectivity index (χ4v) is 3.64. The predicted molar refractivity (Wildman–Crippen MR) is 122 cm³/mol.